The number of aromatic nitrogens is 2. The van der Waals surface area contributed by atoms with E-state index in [4.69, 9.17) is 4.74 Å². The second-order valence-electron chi connectivity index (χ2n) is 8.28. The first-order valence-electron chi connectivity index (χ1n) is 11.0. The molecule has 0 saturated heterocycles. The molecule has 3 heterocycles. The summed E-state index contributed by atoms with van der Waals surface area (Å²) in [6.07, 6.45) is 2.75. The monoisotopic (exact) mass is 429 g/mol. The number of ether oxygens (including phenoxy) is 1. The second kappa shape index (κ2) is 8.65. The van der Waals surface area contributed by atoms with Crippen LogP contribution in [0.25, 0.3) is 16.6 Å². The molecular formula is C26H27N3O3. The summed E-state index contributed by atoms with van der Waals surface area (Å²) in [5.41, 5.74) is 5.56. The van der Waals surface area contributed by atoms with Gasteiger partial charge in [0.25, 0.3) is 5.56 Å². The summed E-state index contributed by atoms with van der Waals surface area (Å²) in [5.74, 6) is 0.564. The van der Waals surface area contributed by atoms with Crippen molar-refractivity contribution in [3.63, 3.8) is 0 Å². The quantitative estimate of drug-likeness (QED) is 0.511. The van der Waals surface area contributed by atoms with Gasteiger partial charge in [-0.25, -0.2) is 0 Å². The Morgan fingerprint density at radius 2 is 1.91 bits per heavy atom. The van der Waals surface area contributed by atoms with Crippen molar-refractivity contribution in [3.05, 3.63) is 94.0 Å². The highest BCUT2D eigenvalue weighted by atomic mass is 16.5. The number of benzene rings is 2. The van der Waals surface area contributed by atoms with Gasteiger partial charge in [0, 0.05) is 50.0 Å². The second-order valence-corrected chi connectivity index (χ2v) is 8.28. The lowest BCUT2D eigenvalue weighted by molar-refractivity contribution is 0.182. The number of hydrogen-bond donors (Lipinski definition) is 1. The molecule has 0 saturated carbocycles. The number of pyridine rings is 1. The molecule has 1 N–H and O–H groups in total. The van der Waals surface area contributed by atoms with Crippen LogP contribution in [0.5, 0.6) is 5.75 Å². The predicted octanol–water partition coefficient (Wildman–Crippen LogP) is 3.26. The van der Waals surface area contributed by atoms with Crippen LogP contribution in [-0.4, -0.2) is 38.8 Å². The van der Waals surface area contributed by atoms with Crippen molar-refractivity contribution in [1.82, 2.24) is 14.0 Å². The molecule has 5 rings (SSSR count). The Morgan fingerprint density at radius 1 is 1.06 bits per heavy atom. The van der Waals surface area contributed by atoms with E-state index in [1.165, 1.54) is 22.7 Å². The summed E-state index contributed by atoms with van der Waals surface area (Å²) in [5, 5.41) is 10.5. The summed E-state index contributed by atoms with van der Waals surface area (Å²) >= 11 is 0. The number of hydrogen-bond acceptors (Lipinski definition) is 4. The highest BCUT2D eigenvalue weighted by Crippen LogP contribution is 2.31. The first-order chi connectivity index (χ1) is 15.6. The fourth-order valence-electron chi connectivity index (χ4n) is 4.58. The van der Waals surface area contributed by atoms with Crippen molar-refractivity contribution in [2.75, 3.05) is 19.7 Å². The number of aliphatic hydroxyl groups excluding tert-OH is 1. The Balaban J connectivity index is 1.42. The van der Waals surface area contributed by atoms with Crippen LogP contribution in [-0.2, 0) is 26.6 Å². The van der Waals surface area contributed by atoms with E-state index in [-0.39, 0.29) is 12.2 Å². The van der Waals surface area contributed by atoms with Gasteiger partial charge in [-0.2, -0.15) is 0 Å². The van der Waals surface area contributed by atoms with Gasteiger partial charge in [-0.1, -0.05) is 36.4 Å². The molecule has 6 heteroatoms. The largest absolute Gasteiger partial charge is 0.489 e. The molecule has 1 aliphatic heterocycles. The van der Waals surface area contributed by atoms with Gasteiger partial charge in [-0.3, -0.25) is 14.3 Å². The van der Waals surface area contributed by atoms with Gasteiger partial charge < -0.3 is 14.4 Å². The number of nitrogens with zero attached hydrogens (tertiary/aromatic N) is 3. The van der Waals surface area contributed by atoms with E-state index in [9.17, 15) is 9.90 Å². The van der Waals surface area contributed by atoms with E-state index in [0.717, 1.165) is 36.3 Å². The molecule has 0 fully saturated rings. The summed E-state index contributed by atoms with van der Waals surface area (Å²) in [6.45, 7) is 3.10. The van der Waals surface area contributed by atoms with Crippen LogP contribution < -0.4 is 10.3 Å². The number of rotatable bonds is 6. The maximum absolute atomic E-state index is 12.8. The minimum Gasteiger partial charge on any atom is -0.489 e. The van der Waals surface area contributed by atoms with Crippen molar-refractivity contribution in [2.24, 2.45) is 7.05 Å². The van der Waals surface area contributed by atoms with Gasteiger partial charge in [-0.15, -0.1) is 0 Å². The molecule has 0 unspecified atom stereocenters. The van der Waals surface area contributed by atoms with Crippen molar-refractivity contribution >= 4 is 10.9 Å². The van der Waals surface area contributed by atoms with Crippen LogP contribution in [0.3, 0.4) is 0 Å². The van der Waals surface area contributed by atoms with Gasteiger partial charge in [0.2, 0.25) is 0 Å². The summed E-state index contributed by atoms with van der Waals surface area (Å²) < 4.78 is 9.67. The average molecular weight is 430 g/mol. The topological polar surface area (TPSA) is 59.6 Å². The van der Waals surface area contributed by atoms with Gasteiger partial charge in [0.05, 0.1) is 17.8 Å². The van der Waals surface area contributed by atoms with E-state index in [2.05, 4.69) is 28.6 Å². The number of β-amino-alcohol motifs (C(OH)–C–C–N with tert-alkyl or cyclic N) is 1. The van der Waals surface area contributed by atoms with Crippen LogP contribution in [0, 0.1) is 0 Å². The Kier molecular flexibility index (Phi) is 5.55. The molecule has 1 aliphatic rings. The summed E-state index contributed by atoms with van der Waals surface area (Å²) in [4.78, 5) is 15.1. The van der Waals surface area contributed by atoms with Gasteiger partial charge >= 0.3 is 0 Å². The Morgan fingerprint density at radius 3 is 2.69 bits per heavy atom. The van der Waals surface area contributed by atoms with Crippen molar-refractivity contribution < 1.29 is 9.84 Å². The molecule has 2 aromatic carbocycles. The maximum atomic E-state index is 12.8. The highest BCUT2D eigenvalue weighted by molar-refractivity contribution is 5.87. The minimum atomic E-state index is -0.122. The molecule has 0 aliphatic carbocycles. The van der Waals surface area contributed by atoms with E-state index in [0.29, 0.717) is 18.9 Å². The van der Waals surface area contributed by atoms with E-state index >= 15 is 0 Å². The van der Waals surface area contributed by atoms with Gasteiger partial charge in [0.15, 0.2) is 0 Å². The first-order valence-corrected chi connectivity index (χ1v) is 11.0. The van der Waals surface area contributed by atoms with E-state index in [1.54, 1.807) is 10.8 Å². The molecular weight excluding hydrogens is 402 g/mol. The molecule has 0 radical (unpaired) electrons. The number of aryl methyl sites for hydroxylation is 1. The Bertz CT molecular complexity index is 1310. The van der Waals surface area contributed by atoms with Crippen LogP contribution >= 0.6 is 0 Å². The molecule has 32 heavy (non-hydrogen) atoms. The fourth-order valence-corrected chi connectivity index (χ4v) is 4.58. The molecule has 0 amide bonds. The Labute approximate surface area is 186 Å². The highest BCUT2D eigenvalue weighted by Gasteiger charge is 2.22. The molecule has 4 aromatic rings. The van der Waals surface area contributed by atoms with Crippen molar-refractivity contribution in [3.8, 4) is 11.4 Å². The van der Waals surface area contributed by atoms with E-state index < -0.39 is 0 Å². The third kappa shape index (κ3) is 3.83. The number of fused-ring (bicyclic) bond motifs is 3. The first kappa shape index (κ1) is 20.5. The fraction of sp³-hybridized carbons (Fsp3) is 0.269. The zero-order valence-corrected chi connectivity index (χ0v) is 18.2. The lowest BCUT2D eigenvalue weighted by atomic mass is 10.0. The van der Waals surface area contributed by atoms with Crippen LogP contribution in [0.4, 0.5) is 0 Å². The maximum Gasteiger partial charge on any atom is 0.258 e. The third-order valence-corrected chi connectivity index (χ3v) is 6.31. The van der Waals surface area contributed by atoms with Crippen LogP contribution in [0.2, 0.25) is 0 Å². The standard InChI is InChI=1S/C26H27N3O3/c1-27-24-15-20(7-8-22(24)23-10-11-28(13-14-30)17-25(23)27)29-12-9-21(16-26(29)31)32-18-19-5-3-2-4-6-19/h2-9,12,15-16,30H,10-11,13-14,17-18H2,1H3. The van der Waals surface area contributed by atoms with Gasteiger partial charge in [0.1, 0.15) is 12.4 Å². The normalized spacial score (nSPS) is 13.9. The molecule has 0 spiro atoms. The van der Waals surface area contributed by atoms with E-state index in [1.807, 2.05) is 42.5 Å². The van der Waals surface area contributed by atoms with Gasteiger partial charge in [-0.05, 0) is 35.7 Å². The van der Waals surface area contributed by atoms with Crippen molar-refractivity contribution in [1.29, 1.82) is 0 Å². The van der Waals surface area contributed by atoms with Crippen LogP contribution in [0.1, 0.15) is 16.8 Å². The molecule has 0 atom stereocenters. The molecule has 6 nitrogen and oxygen atoms in total. The smallest absolute Gasteiger partial charge is 0.258 e. The lowest BCUT2D eigenvalue weighted by Gasteiger charge is -2.27. The lowest BCUT2D eigenvalue weighted by Crippen LogP contribution is -2.33. The zero-order chi connectivity index (χ0) is 22.1. The third-order valence-electron chi connectivity index (χ3n) is 6.31. The zero-order valence-electron chi connectivity index (χ0n) is 18.2. The minimum absolute atomic E-state index is 0.122. The molecule has 164 valence electrons. The molecule has 0 bridgehead atoms. The molecule has 2 aromatic heterocycles. The SMILES string of the molecule is Cn1c2c(c3ccc(-n4ccc(OCc5ccccc5)cc4=O)cc31)CCN(CCO)C2. The predicted molar refractivity (Wildman–Crippen MR) is 125 cm³/mol. The van der Waals surface area contributed by atoms with Crippen LogP contribution in [0.15, 0.2) is 71.7 Å². The Hall–Kier alpha value is -3.35. The summed E-state index contributed by atoms with van der Waals surface area (Å²) in [7, 11) is 2.08. The van der Waals surface area contributed by atoms with Crippen molar-refractivity contribution in [2.45, 2.75) is 19.6 Å². The summed E-state index contributed by atoms with van der Waals surface area (Å²) in [6, 6.07) is 19.5. The number of aliphatic hydroxyl groups is 1. The average Bonchev–Trinajstić information content (AvgIpc) is 3.10.